The standard InChI is InChI=1S/C15H21NO2/c1-10-9-12(10)13-7-5-11(18-13)6-8-14(17)16-15(2,3)4/h5-8,10,12H,9H2,1-4H3,(H,16,17)/b8-6-/t10-,12+/m1/s1. The van der Waals surface area contributed by atoms with Crippen LogP contribution >= 0.6 is 0 Å². The molecule has 1 N–H and O–H groups in total. The van der Waals surface area contributed by atoms with Crippen LogP contribution in [0.15, 0.2) is 22.6 Å². The maximum atomic E-state index is 11.6. The fourth-order valence-electron chi connectivity index (χ4n) is 1.94. The van der Waals surface area contributed by atoms with E-state index in [9.17, 15) is 4.79 Å². The highest BCUT2D eigenvalue weighted by Crippen LogP contribution is 2.47. The van der Waals surface area contributed by atoms with E-state index < -0.39 is 0 Å². The number of amides is 1. The van der Waals surface area contributed by atoms with Gasteiger partial charge in [0.15, 0.2) is 0 Å². The molecule has 0 unspecified atom stereocenters. The van der Waals surface area contributed by atoms with E-state index in [-0.39, 0.29) is 11.4 Å². The lowest BCUT2D eigenvalue weighted by molar-refractivity contribution is -0.117. The second kappa shape index (κ2) is 4.63. The van der Waals surface area contributed by atoms with E-state index in [0.29, 0.717) is 5.92 Å². The highest BCUT2D eigenvalue weighted by atomic mass is 16.3. The molecule has 2 rings (SSSR count). The minimum atomic E-state index is -0.209. The summed E-state index contributed by atoms with van der Waals surface area (Å²) in [7, 11) is 0. The lowest BCUT2D eigenvalue weighted by atomic mass is 10.1. The molecule has 1 heterocycles. The van der Waals surface area contributed by atoms with Crippen LogP contribution in [0.3, 0.4) is 0 Å². The lowest BCUT2D eigenvalue weighted by Gasteiger charge is -2.18. The van der Waals surface area contributed by atoms with Gasteiger partial charge in [0.05, 0.1) is 0 Å². The Kier molecular flexibility index (Phi) is 3.33. The first kappa shape index (κ1) is 12.9. The average molecular weight is 247 g/mol. The Balaban J connectivity index is 1.93. The van der Waals surface area contributed by atoms with Crippen LogP contribution in [0.5, 0.6) is 0 Å². The van der Waals surface area contributed by atoms with Gasteiger partial charge in [0.1, 0.15) is 11.5 Å². The lowest BCUT2D eigenvalue weighted by Crippen LogP contribution is -2.39. The van der Waals surface area contributed by atoms with E-state index in [1.165, 1.54) is 12.5 Å². The van der Waals surface area contributed by atoms with Gasteiger partial charge in [0.25, 0.3) is 0 Å². The SMILES string of the molecule is C[C@@H]1C[C@@H]1c1ccc(/C=C\C(=O)NC(C)(C)C)o1. The van der Waals surface area contributed by atoms with Crippen LogP contribution in [-0.4, -0.2) is 11.4 Å². The molecule has 0 spiro atoms. The summed E-state index contributed by atoms with van der Waals surface area (Å²) < 4.78 is 5.69. The third-order valence-corrected chi connectivity index (χ3v) is 3.02. The third kappa shape index (κ3) is 3.49. The fourth-order valence-corrected chi connectivity index (χ4v) is 1.94. The van der Waals surface area contributed by atoms with Crippen molar-refractivity contribution in [3.05, 3.63) is 29.7 Å². The monoisotopic (exact) mass is 247 g/mol. The van der Waals surface area contributed by atoms with Crippen molar-refractivity contribution in [3.63, 3.8) is 0 Å². The maximum Gasteiger partial charge on any atom is 0.244 e. The van der Waals surface area contributed by atoms with Gasteiger partial charge in [-0.1, -0.05) is 6.92 Å². The van der Waals surface area contributed by atoms with Gasteiger partial charge >= 0.3 is 0 Å². The van der Waals surface area contributed by atoms with Crippen LogP contribution in [-0.2, 0) is 4.79 Å². The molecule has 0 radical (unpaired) electrons. The smallest absolute Gasteiger partial charge is 0.244 e. The van der Waals surface area contributed by atoms with Crippen LogP contribution in [0.25, 0.3) is 6.08 Å². The van der Waals surface area contributed by atoms with E-state index in [2.05, 4.69) is 12.2 Å². The Morgan fingerprint density at radius 3 is 2.67 bits per heavy atom. The second-order valence-electron chi connectivity index (χ2n) is 6.13. The number of carbonyl (C=O) groups excluding carboxylic acids is 1. The van der Waals surface area contributed by atoms with Crippen molar-refractivity contribution < 1.29 is 9.21 Å². The molecule has 1 aromatic heterocycles. The zero-order valence-corrected chi connectivity index (χ0v) is 11.5. The van der Waals surface area contributed by atoms with Gasteiger partial charge in [0.2, 0.25) is 5.91 Å². The van der Waals surface area contributed by atoms with E-state index in [4.69, 9.17) is 4.42 Å². The van der Waals surface area contributed by atoms with Crippen LogP contribution in [0.1, 0.15) is 51.6 Å². The Morgan fingerprint density at radius 2 is 2.11 bits per heavy atom. The second-order valence-corrected chi connectivity index (χ2v) is 6.13. The third-order valence-electron chi connectivity index (χ3n) is 3.02. The molecule has 0 saturated heterocycles. The van der Waals surface area contributed by atoms with Gasteiger partial charge in [-0.3, -0.25) is 4.79 Å². The van der Waals surface area contributed by atoms with Crippen molar-refractivity contribution in [2.75, 3.05) is 0 Å². The first-order valence-corrected chi connectivity index (χ1v) is 6.45. The van der Waals surface area contributed by atoms with E-state index in [1.54, 1.807) is 6.08 Å². The molecule has 0 aromatic carbocycles. The van der Waals surface area contributed by atoms with Crippen molar-refractivity contribution in [2.24, 2.45) is 5.92 Å². The Labute approximate surface area is 108 Å². The zero-order chi connectivity index (χ0) is 13.3. The molecule has 1 aliphatic rings. The largest absolute Gasteiger partial charge is 0.461 e. The quantitative estimate of drug-likeness (QED) is 0.832. The predicted octanol–water partition coefficient (Wildman–Crippen LogP) is 3.33. The molecular formula is C15H21NO2. The number of hydrogen-bond donors (Lipinski definition) is 1. The Hall–Kier alpha value is -1.51. The van der Waals surface area contributed by atoms with Crippen molar-refractivity contribution in [2.45, 2.75) is 45.6 Å². The molecule has 0 bridgehead atoms. The molecule has 18 heavy (non-hydrogen) atoms. The van der Waals surface area contributed by atoms with Gasteiger partial charge in [0, 0.05) is 17.5 Å². The molecule has 2 atom stereocenters. The molecule has 3 heteroatoms. The normalized spacial score (nSPS) is 23.3. The molecule has 3 nitrogen and oxygen atoms in total. The highest BCUT2D eigenvalue weighted by molar-refractivity contribution is 5.91. The van der Waals surface area contributed by atoms with E-state index >= 15 is 0 Å². The minimum absolute atomic E-state index is 0.0970. The molecule has 1 aromatic rings. The van der Waals surface area contributed by atoms with Crippen LogP contribution < -0.4 is 5.32 Å². The Morgan fingerprint density at radius 1 is 1.44 bits per heavy atom. The molecule has 1 saturated carbocycles. The van der Waals surface area contributed by atoms with Gasteiger partial charge in [-0.25, -0.2) is 0 Å². The summed E-state index contributed by atoms with van der Waals surface area (Å²) in [5, 5.41) is 2.87. The molecule has 1 aliphatic carbocycles. The van der Waals surface area contributed by atoms with Crippen molar-refractivity contribution in [1.29, 1.82) is 0 Å². The molecule has 1 amide bonds. The Bertz CT molecular complexity index is 465. The van der Waals surface area contributed by atoms with E-state index in [1.807, 2.05) is 32.9 Å². The first-order valence-electron chi connectivity index (χ1n) is 6.45. The summed E-state index contributed by atoms with van der Waals surface area (Å²) in [4.78, 5) is 11.6. The minimum Gasteiger partial charge on any atom is -0.461 e. The number of hydrogen-bond acceptors (Lipinski definition) is 2. The fraction of sp³-hybridized carbons (Fsp3) is 0.533. The van der Waals surface area contributed by atoms with Gasteiger partial charge in [-0.05, 0) is 51.3 Å². The van der Waals surface area contributed by atoms with Gasteiger partial charge < -0.3 is 9.73 Å². The molecule has 98 valence electrons. The van der Waals surface area contributed by atoms with Crippen LogP contribution in [0.4, 0.5) is 0 Å². The molecule has 0 aliphatic heterocycles. The average Bonchev–Trinajstić information content (AvgIpc) is 2.77. The van der Waals surface area contributed by atoms with Crippen molar-refractivity contribution in [3.8, 4) is 0 Å². The zero-order valence-electron chi connectivity index (χ0n) is 11.5. The molecular weight excluding hydrogens is 226 g/mol. The van der Waals surface area contributed by atoms with Gasteiger partial charge in [-0.2, -0.15) is 0 Å². The number of rotatable bonds is 3. The topological polar surface area (TPSA) is 42.2 Å². The van der Waals surface area contributed by atoms with Crippen LogP contribution in [0.2, 0.25) is 0 Å². The summed E-state index contributed by atoms with van der Waals surface area (Å²) in [5.41, 5.74) is -0.209. The summed E-state index contributed by atoms with van der Waals surface area (Å²) in [6, 6.07) is 3.93. The maximum absolute atomic E-state index is 11.6. The van der Waals surface area contributed by atoms with Crippen molar-refractivity contribution >= 4 is 12.0 Å². The first-order chi connectivity index (χ1) is 8.35. The highest BCUT2D eigenvalue weighted by Gasteiger charge is 2.36. The summed E-state index contributed by atoms with van der Waals surface area (Å²) >= 11 is 0. The summed E-state index contributed by atoms with van der Waals surface area (Å²) in [6.45, 7) is 8.09. The number of carbonyl (C=O) groups is 1. The van der Waals surface area contributed by atoms with Gasteiger partial charge in [-0.15, -0.1) is 0 Å². The van der Waals surface area contributed by atoms with Crippen molar-refractivity contribution in [1.82, 2.24) is 5.32 Å². The number of nitrogens with one attached hydrogen (secondary N) is 1. The number of furan rings is 1. The van der Waals surface area contributed by atoms with Crippen LogP contribution in [0, 0.1) is 5.92 Å². The van der Waals surface area contributed by atoms with E-state index in [0.717, 1.165) is 17.4 Å². The predicted molar refractivity (Wildman–Crippen MR) is 72.2 cm³/mol. The summed E-state index contributed by atoms with van der Waals surface area (Å²) in [6.07, 6.45) is 4.45. The summed E-state index contributed by atoms with van der Waals surface area (Å²) in [5.74, 6) is 3.00. The molecule has 1 fully saturated rings.